The molecule has 2 aromatic rings. The minimum Gasteiger partial charge on any atom is -0.497 e. The fourth-order valence-corrected chi connectivity index (χ4v) is 3.32. The van der Waals surface area contributed by atoms with Gasteiger partial charge in [-0.2, -0.15) is 0 Å². The van der Waals surface area contributed by atoms with Crippen LogP contribution in [0.3, 0.4) is 0 Å². The van der Waals surface area contributed by atoms with Crippen molar-refractivity contribution in [2.75, 3.05) is 23.9 Å². The lowest BCUT2D eigenvalue weighted by Gasteiger charge is -2.37. The van der Waals surface area contributed by atoms with Gasteiger partial charge >= 0.3 is 0 Å². The Kier molecular flexibility index (Phi) is 5.53. The fraction of sp³-hybridized carbons (Fsp3) is 0.400. The van der Waals surface area contributed by atoms with Crippen LogP contribution < -0.4 is 15.0 Å². The Bertz CT molecular complexity index is 698. The number of methoxy groups -OCH3 is 1. The molecule has 1 aromatic carbocycles. The van der Waals surface area contributed by atoms with Crippen molar-refractivity contribution in [3.8, 4) is 5.75 Å². The number of benzene rings is 1. The number of aromatic nitrogens is 1. The monoisotopic (exact) mass is 339 g/mol. The quantitative estimate of drug-likeness (QED) is 0.890. The zero-order chi connectivity index (χ0) is 17.6. The molecule has 3 rings (SSSR count). The highest BCUT2D eigenvalue weighted by Gasteiger charge is 2.21. The van der Waals surface area contributed by atoms with Gasteiger partial charge in [-0.1, -0.05) is 6.92 Å². The molecule has 0 radical (unpaired) electrons. The molecular formula is C20H25N3O2. The lowest BCUT2D eigenvalue weighted by Crippen LogP contribution is -2.39. The van der Waals surface area contributed by atoms with Gasteiger partial charge in [0.1, 0.15) is 11.4 Å². The summed E-state index contributed by atoms with van der Waals surface area (Å²) in [7, 11) is 1.62. The summed E-state index contributed by atoms with van der Waals surface area (Å²) in [6.45, 7) is 3.30. The average molecular weight is 339 g/mol. The van der Waals surface area contributed by atoms with Crippen molar-refractivity contribution in [2.24, 2.45) is 0 Å². The van der Waals surface area contributed by atoms with Crippen LogP contribution >= 0.6 is 0 Å². The highest BCUT2D eigenvalue weighted by atomic mass is 16.5. The van der Waals surface area contributed by atoms with Crippen molar-refractivity contribution in [1.29, 1.82) is 0 Å². The molecule has 1 unspecified atom stereocenters. The molecule has 1 saturated heterocycles. The summed E-state index contributed by atoms with van der Waals surface area (Å²) in [5.41, 5.74) is 2.25. The minimum absolute atomic E-state index is 0.206. The van der Waals surface area contributed by atoms with Gasteiger partial charge in [0.2, 0.25) is 0 Å². The van der Waals surface area contributed by atoms with Gasteiger partial charge in [-0.25, -0.2) is 4.98 Å². The Morgan fingerprint density at radius 3 is 2.68 bits per heavy atom. The van der Waals surface area contributed by atoms with Crippen molar-refractivity contribution < 1.29 is 9.53 Å². The van der Waals surface area contributed by atoms with Crippen LogP contribution in [-0.4, -0.2) is 30.6 Å². The Morgan fingerprint density at radius 1 is 1.24 bits per heavy atom. The average Bonchev–Trinajstić information content (AvgIpc) is 2.68. The van der Waals surface area contributed by atoms with Gasteiger partial charge in [-0.15, -0.1) is 0 Å². The van der Waals surface area contributed by atoms with E-state index in [2.05, 4.69) is 22.1 Å². The molecule has 1 N–H and O–H groups in total. The fourth-order valence-electron chi connectivity index (χ4n) is 3.32. The second-order valence-electron chi connectivity index (χ2n) is 6.34. The normalized spacial score (nSPS) is 17.2. The van der Waals surface area contributed by atoms with E-state index in [1.165, 1.54) is 19.3 Å². The number of hydrogen-bond donors (Lipinski definition) is 1. The van der Waals surface area contributed by atoms with E-state index in [0.717, 1.165) is 30.1 Å². The zero-order valence-corrected chi connectivity index (χ0v) is 14.9. The molecule has 1 amide bonds. The Labute approximate surface area is 149 Å². The van der Waals surface area contributed by atoms with Crippen LogP contribution in [0.2, 0.25) is 0 Å². The first-order chi connectivity index (χ1) is 12.2. The molecule has 1 aliphatic rings. The second-order valence-corrected chi connectivity index (χ2v) is 6.34. The maximum Gasteiger partial charge on any atom is 0.274 e. The number of ether oxygens (including phenoxy) is 1. The van der Waals surface area contributed by atoms with Crippen molar-refractivity contribution in [2.45, 2.75) is 38.6 Å². The number of rotatable bonds is 5. The van der Waals surface area contributed by atoms with E-state index in [4.69, 9.17) is 4.74 Å². The molecule has 0 bridgehead atoms. The number of amides is 1. The van der Waals surface area contributed by atoms with Gasteiger partial charge in [0.25, 0.3) is 5.91 Å². The Balaban J connectivity index is 1.67. The Morgan fingerprint density at radius 2 is 2.04 bits per heavy atom. The SMILES string of the molecule is CCC1CCCCN1c1ccc(C(=O)Nc2ccc(OC)cc2)nc1. The predicted molar refractivity (Wildman–Crippen MR) is 100 cm³/mol. The first-order valence-corrected chi connectivity index (χ1v) is 8.89. The van der Waals surface area contributed by atoms with E-state index in [1.54, 1.807) is 13.2 Å². The van der Waals surface area contributed by atoms with E-state index >= 15 is 0 Å². The van der Waals surface area contributed by atoms with Gasteiger partial charge < -0.3 is 15.0 Å². The van der Waals surface area contributed by atoms with Gasteiger partial charge in [0.15, 0.2) is 0 Å². The number of nitrogens with one attached hydrogen (secondary N) is 1. The third kappa shape index (κ3) is 4.10. The maximum absolute atomic E-state index is 12.4. The van der Waals surface area contributed by atoms with Crippen LogP contribution in [0.1, 0.15) is 43.1 Å². The zero-order valence-electron chi connectivity index (χ0n) is 14.9. The van der Waals surface area contributed by atoms with Crippen molar-refractivity contribution >= 4 is 17.3 Å². The molecule has 132 valence electrons. The van der Waals surface area contributed by atoms with Crippen molar-refractivity contribution in [1.82, 2.24) is 4.98 Å². The number of carbonyl (C=O) groups excluding carboxylic acids is 1. The molecule has 0 spiro atoms. The van der Waals surface area contributed by atoms with E-state index in [-0.39, 0.29) is 5.91 Å². The van der Waals surface area contributed by atoms with E-state index in [0.29, 0.717) is 11.7 Å². The van der Waals surface area contributed by atoms with E-state index in [1.807, 2.05) is 36.5 Å². The molecule has 1 fully saturated rings. The largest absolute Gasteiger partial charge is 0.497 e. The number of nitrogens with zero attached hydrogens (tertiary/aromatic N) is 2. The molecule has 0 aliphatic carbocycles. The summed E-state index contributed by atoms with van der Waals surface area (Å²) >= 11 is 0. The summed E-state index contributed by atoms with van der Waals surface area (Å²) in [5, 5.41) is 2.86. The number of pyridine rings is 1. The van der Waals surface area contributed by atoms with E-state index < -0.39 is 0 Å². The van der Waals surface area contributed by atoms with Crippen LogP contribution in [0, 0.1) is 0 Å². The molecule has 5 nitrogen and oxygen atoms in total. The molecule has 0 saturated carbocycles. The summed E-state index contributed by atoms with van der Waals surface area (Å²) in [6, 6.07) is 11.6. The second kappa shape index (κ2) is 8.01. The molecule has 1 aromatic heterocycles. The number of anilines is 2. The Hall–Kier alpha value is -2.56. The summed E-state index contributed by atoms with van der Waals surface area (Å²) in [5.74, 6) is 0.551. The predicted octanol–water partition coefficient (Wildman–Crippen LogP) is 4.11. The van der Waals surface area contributed by atoms with Gasteiger partial charge in [0.05, 0.1) is 19.0 Å². The molecule has 1 aliphatic heterocycles. The molecule has 5 heteroatoms. The van der Waals surface area contributed by atoms with Crippen LogP contribution in [0.5, 0.6) is 5.75 Å². The topological polar surface area (TPSA) is 54.5 Å². The summed E-state index contributed by atoms with van der Waals surface area (Å²) in [6.07, 6.45) is 6.70. The van der Waals surface area contributed by atoms with Gasteiger partial charge in [-0.3, -0.25) is 4.79 Å². The molecule has 2 heterocycles. The van der Waals surface area contributed by atoms with Crippen LogP contribution in [0.15, 0.2) is 42.6 Å². The minimum atomic E-state index is -0.206. The first-order valence-electron chi connectivity index (χ1n) is 8.89. The number of piperidine rings is 1. The first kappa shape index (κ1) is 17.3. The molecule has 1 atom stereocenters. The standard InChI is InChI=1S/C20H25N3O2/c1-3-16-6-4-5-13-23(16)17-9-12-19(21-14-17)20(24)22-15-7-10-18(25-2)11-8-15/h7-12,14,16H,3-6,13H2,1-2H3,(H,22,24). The van der Waals surface area contributed by atoms with Crippen molar-refractivity contribution in [3.63, 3.8) is 0 Å². The van der Waals surface area contributed by atoms with E-state index in [9.17, 15) is 4.79 Å². The van der Waals surface area contributed by atoms with Gasteiger partial charge in [-0.05, 0) is 62.1 Å². The molecule has 25 heavy (non-hydrogen) atoms. The highest BCUT2D eigenvalue weighted by Crippen LogP contribution is 2.26. The summed E-state index contributed by atoms with van der Waals surface area (Å²) < 4.78 is 5.12. The van der Waals surface area contributed by atoms with Crippen LogP contribution in [-0.2, 0) is 0 Å². The smallest absolute Gasteiger partial charge is 0.274 e. The third-order valence-electron chi connectivity index (χ3n) is 4.76. The van der Waals surface area contributed by atoms with Crippen molar-refractivity contribution in [3.05, 3.63) is 48.3 Å². The number of carbonyl (C=O) groups is 1. The summed E-state index contributed by atoms with van der Waals surface area (Å²) in [4.78, 5) is 19.2. The maximum atomic E-state index is 12.4. The van der Waals surface area contributed by atoms with Crippen LogP contribution in [0.4, 0.5) is 11.4 Å². The lowest BCUT2D eigenvalue weighted by molar-refractivity contribution is 0.102. The third-order valence-corrected chi connectivity index (χ3v) is 4.76. The highest BCUT2D eigenvalue weighted by molar-refractivity contribution is 6.02. The van der Waals surface area contributed by atoms with Crippen LogP contribution in [0.25, 0.3) is 0 Å². The van der Waals surface area contributed by atoms with Gasteiger partial charge in [0, 0.05) is 18.3 Å². The number of hydrogen-bond acceptors (Lipinski definition) is 4. The lowest BCUT2D eigenvalue weighted by atomic mass is 9.99. The molecular weight excluding hydrogens is 314 g/mol.